The maximum absolute atomic E-state index is 12.5. The van der Waals surface area contributed by atoms with Crippen molar-refractivity contribution in [2.45, 2.75) is 11.8 Å². The summed E-state index contributed by atoms with van der Waals surface area (Å²) in [5, 5.41) is 5.87. The molecule has 0 saturated carbocycles. The number of benzene rings is 1. The van der Waals surface area contributed by atoms with E-state index < -0.39 is 0 Å². The third-order valence-electron chi connectivity index (χ3n) is 3.06. The molecule has 3 aromatic rings. The zero-order chi connectivity index (χ0) is 15.5. The lowest BCUT2D eigenvalue weighted by Crippen LogP contribution is -2.11. The van der Waals surface area contributed by atoms with Crippen LogP contribution in [0.25, 0.3) is 9.88 Å². The van der Waals surface area contributed by atoms with E-state index in [1.54, 1.807) is 23.1 Å². The largest absolute Gasteiger partial charge is 0.321 e. The van der Waals surface area contributed by atoms with Crippen LogP contribution < -0.4 is 5.32 Å². The van der Waals surface area contributed by atoms with Crippen molar-refractivity contribution >= 4 is 46.0 Å². The fourth-order valence-electron chi connectivity index (χ4n) is 2.00. The van der Waals surface area contributed by atoms with Gasteiger partial charge in [-0.3, -0.25) is 4.79 Å². The summed E-state index contributed by atoms with van der Waals surface area (Å²) in [6, 6.07) is 11.8. The van der Waals surface area contributed by atoms with Gasteiger partial charge in [-0.2, -0.15) is 0 Å². The van der Waals surface area contributed by atoms with Gasteiger partial charge in [0.1, 0.15) is 9.88 Å². The quantitative estimate of drug-likeness (QED) is 0.664. The third kappa shape index (κ3) is 3.24. The van der Waals surface area contributed by atoms with Crippen LogP contribution in [0.1, 0.15) is 15.4 Å². The molecule has 6 heteroatoms. The van der Waals surface area contributed by atoms with Gasteiger partial charge in [0.15, 0.2) is 0 Å². The normalized spacial score (nSPS) is 10.6. The molecule has 112 valence electrons. The van der Waals surface area contributed by atoms with Crippen LogP contribution in [0, 0.1) is 6.92 Å². The Balaban J connectivity index is 1.83. The standard InChI is InChI=1S/C16H14N2OS3/c1-10-14(22-16(17-10)13-7-4-8-21-13)15(19)18-11-5-3-6-12(9-11)20-2/h3-9H,1-2H3,(H,18,19). The molecular formula is C16H14N2OS3. The monoisotopic (exact) mass is 346 g/mol. The number of aryl methyl sites for hydroxylation is 1. The number of aromatic nitrogens is 1. The lowest BCUT2D eigenvalue weighted by atomic mass is 10.3. The molecule has 1 amide bonds. The zero-order valence-electron chi connectivity index (χ0n) is 12.1. The Kier molecular flexibility index (Phi) is 4.61. The number of anilines is 1. The number of carbonyl (C=O) groups is 1. The van der Waals surface area contributed by atoms with Gasteiger partial charge in [-0.1, -0.05) is 12.1 Å². The highest BCUT2D eigenvalue weighted by Crippen LogP contribution is 2.31. The van der Waals surface area contributed by atoms with Gasteiger partial charge in [0.25, 0.3) is 5.91 Å². The Hall–Kier alpha value is -1.63. The highest BCUT2D eigenvalue weighted by Gasteiger charge is 2.16. The van der Waals surface area contributed by atoms with Crippen molar-refractivity contribution in [3.05, 3.63) is 52.3 Å². The summed E-state index contributed by atoms with van der Waals surface area (Å²) < 4.78 is 0. The number of nitrogens with one attached hydrogen (secondary N) is 1. The Morgan fingerprint density at radius 2 is 2.14 bits per heavy atom. The lowest BCUT2D eigenvalue weighted by Gasteiger charge is -2.05. The summed E-state index contributed by atoms with van der Waals surface area (Å²) >= 11 is 4.72. The predicted molar refractivity (Wildman–Crippen MR) is 96.3 cm³/mol. The molecule has 0 saturated heterocycles. The van der Waals surface area contributed by atoms with Gasteiger partial charge in [0, 0.05) is 10.6 Å². The molecule has 0 bridgehead atoms. The van der Waals surface area contributed by atoms with Gasteiger partial charge in [-0.15, -0.1) is 34.4 Å². The first-order chi connectivity index (χ1) is 10.7. The van der Waals surface area contributed by atoms with Crippen molar-refractivity contribution in [2.24, 2.45) is 0 Å². The van der Waals surface area contributed by atoms with Crippen LogP contribution in [0.3, 0.4) is 0 Å². The van der Waals surface area contributed by atoms with Gasteiger partial charge in [-0.25, -0.2) is 4.98 Å². The SMILES string of the molecule is CSc1cccc(NC(=O)c2sc(-c3cccs3)nc2C)c1. The molecule has 0 unspecified atom stereocenters. The molecule has 2 aromatic heterocycles. The van der Waals surface area contributed by atoms with Crippen LogP contribution in [0.2, 0.25) is 0 Å². The molecule has 1 aromatic carbocycles. The van der Waals surface area contributed by atoms with E-state index in [1.165, 1.54) is 11.3 Å². The molecule has 0 aliphatic carbocycles. The zero-order valence-corrected chi connectivity index (χ0v) is 14.6. The van der Waals surface area contributed by atoms with Crippen LogP contribution in [0.5, 0.6) is 0 Å². The van der Waals surface area contributed by atoms with Crippen molar-refractivity contribution in [3.63, 3.8) is 0 Å². The molecule has 0 aliphatic rings. The van der Waals surface area contributed by atoms with E-state index in [4.69, 9.17) is 0 Å². The second-order valence-electron chi connectivity index (χ2n) is 4.60. The summed E-state index contributed by atoms with van der Waals surface area (Å²) in [4.78, 5) is 19.9. The number of rotatable bonds is 4. The Morgan fingerprint density at radius 3 is 2.86 bits per heavy atom. The summed E-state index contributed by atoms with van der Waals surface area (Å²) in [6.45, 7) is 1.88. The van der Waals surface area contributed by atoms with Crippen molar-refractivity contribution in [1.82, 2.24) is 4.98 Å². The maximum atomic E-state index is 12.5. The first-order valence-electron chi connectivity index (χ1n) is 6.64. The van der Waals surface area contributed by atoms with Crippen molar-refractivity contribution in [1.29, 1.82) is 0 Å². The van der Waals surface area contributed by atoms with Gasteiger partial charge in [0.05, 0.1) is 10.6 Å². The van der Waals surface area contributed by atoms with Gasteiger partial charge in [0.2, 0.25) is 0 Å². The second kappa shape index (κ2) is 6.64. The molecular weight excluding hydrogens is 332 g/mol. The summed E-state index contributed by atoms with van der Waals surface area (Å²) in [6.07, 6.45) is 2.02. The summed E-state index contributed by atoms with van der Waals surface area (Å²) in [5.41, 5.74) is 1.58. The smallest absolute Gasteiger partial charge is 0.267 e. The molecule has 0 radical (unpaired) electrons. The lowest BCUT2D eigenvalue weighted by molar-refractivity contribution is 0.103. The second-order valence-corrected chi connectivity index (χ2v) is 7.42. The van der Waals surface area contributed by atoms with Crippen molar-refractivity contribution in [2.75, 3.05) is 11.6 Å². The first-order valence-corrected chi connectivity index (χ1v) is 9.56. The summed E-state index contributed by atoms with van der Waals surface area (Å²) in [7, 11) is 0. The number of amides is 1. The van der Waals surface area contributed by atoms with E-state index in [0.717, 1.165) is 26.2 Å². The summed E-state index contributed by atoms with van der Waals surface area (Å²) in [5.74, 6) is -0.101. The van der Waals surface area contributed by atoms with Crippen LogP contribution in [0.4, 0.5) is 5.69 Å². The fourth-order valence-corrected chi connectivity index (χ4v) is 4.22. The number of hydrogen-bond donors (Lipinski definition) is 1. The highest BCUT2D eigenvalue weighted by molar-refractivity contribution is 7.98. The van der Waals surface area contributed by atoms with Crippen molar-refractivity contribution in [3.8, 4) is 9.88 Å². The molecule has 0 fully saturated rings. The molecule has 0 aliphatic heterocycles. The highest BCUT2D eigenvalue weighted by atomic mass is 32.2. The number of carbonyl (C=O) groups excluding carboxylic acids is 1. The van der Waals surface area contributed by atoms with Crippen molar-refractivity contribution < 1.29 is 4.79 Å². The molecule has 3 nitrogen and oxygen atoms in total. The number of thiophene rings is 1. The van der Waals surface area contributed by atoms with Gasteiger partial charge in [-0.05, 0) is 42.8 Å². The van der Waals surface area contributed by atoms with Gasteiger partial charge < -0.3 is 5.32 Å². The van der Waals surface area contributed by atoms with Gasteiger partial charge >= 0.3 is 0 Å². The van der Waals surface area contributed by atoms with Crippen LogP contribution in [-0.2, 0) is 0 Å². The van der Waals surface area contributed by atoms with E-state index in [1.807, 2.05) is 55.0 Å². The maximum Gasteiger partial charge on any atom is 0.267 e. The average Bonchev–Trinajstić information content (AvgIpc) is 3.16. The van der Waals surface area contributed by atoms with E-state index in [2.05, 4.69) is 10.3 Å². The topological polar surface area (TPSA) is 42.0 Å². The number of hydrogen-bond acceptors (Lipinski definition) is 5. The van der Waals surface area contributed by atoms with E-state index in [9.17, 15) is 4.79 Å². The molecule has 2 heterocycles. The number of nitrogens with zero attached hydrogens (tertiary/aromatic N) is 1. The minimum atomic E-state index is -0.101. The molecule has 3 rings (SSSR count). The Morgan fingerprint density at radius 1 is 1.27 bits per heavy atom. The van der Waals surface area contributed by atoms with E-state index in [0.29, 0.717) is 4.88 Å². The fraction of sp³-hybridized carbons (Fsp3) is 0.125. The van der Waals surface area contributed by atoms with Crippen LogP contribution in [0.15, 0.2) is 46.7 Å². The predicted octanol–water partition coefficient (Wildman–Crippen LogP) is 5.15. The number of thiazole rings is 1. The van der Waals surface area contributed by atoms with Crippen LogP contribution >= 0.6 is 34.4 Å². The minimum Gasteiger partial charge on any atom is -0.321 e. The molecule has 0 atom stereocenters. The third-order valence-corrected chi connectivity index (χ3v) is 5.98. The Bertz CT molecular complexity index is 794. The Labute approximate surface area is 141 Å². The molecule has 1 N–H and O–H groups in total. The molecule has 22 heavy (non-hydrogen) atoms. The van der Waals surface area contributed by atoms with Crippen LogP contribution in [-0.4, -0.2) is 17.1 Å². The average molecular weight is 347 g/mol. The van der Waals surface area contributed by atoms with E-state index in [-0.39, 0.29) is 5.91 Å². The first kappa shape index (κ1) is 15.3. The number of thioether (sulfide) groups is 1. The minimum absolute atomic E-state index is 0.101. The molecule has 0 spiro atoms. The van der Waals surface area contributed by atoms with E-state index >= 15 is 0 Å².